The van der Waals surface area contributed by atoms with Crippen LogP contribution in [0.4, 0.5) is 0 Å². The van der Waals surface area contributed by atoms with Crippen LogP contribution >= 0.6 is 0 Å². The molecule has 0 saturated heterocycles. The summed E-state index contributed by atoms with van der Waals surface area (Å²) in [7, 11) is 0. The van der Waals surface area contributed by atoms with Crippen molar-refractivity contribution in [3.05, 3.63) is 132 Å². The number of aryl methyl sites for hydroxylation is 1. The fraction of sp³-hybridized carbons (Fsp3) is 0.200. The third kappa shape index (κ3) is 4.26. The molecule has 0 amide bonds. The Kier molecular flexibility index (Phi) is 5.97. The highest BCUT2D eigenvalue weighted by Crippen LogP contribution is 2.52. The van der Waals surface area contributed by atoms with E-state index in [0.29, 0.717) is 0 Å². The minimum atomic E-state index is 0.0127. The summed E-state index contributed by atoms with van der Waals surface area (Å²) in [6, 6.07) is 43.9. The Bertz CT molecular complexity index is 2410. The molecule has 0 bridgehead atoms. The topological polar surface area (TPSA) is 0 Å². The smallest absolute Gasteiger partial charge is 0.000730 e. The lowest BCUT2D eigenvalue weighted by atomic mass is 9.76. The van der Waals surface area contributed by atoms with E-state index in [1.807, 2.05) is 0 Å². The highest BCUT2D eigenvalue weighted by molar-refractivity contribution is 6.41. The van der Waals surface area contributed by atoms with Crippen LogP contribution in [-0.4, -0.2) is 0 Å². The minimum Gasteiger partial charge on any atom is -0.0622 e. The molecule has 0 spiro atoms. The molecule has 8 aromatic rings. The maximum absolute atomic E-state index is 2.52. The molecule has 0 unspecified atom stereocenters. The van der Waals surface area contributed by atoms with E-state index in [0.717, 1.165) is 0 Å². The summed E-state index contributed by atoms with van der Waals surface area (Å²) in [6.07, 6.45) is 0. The second-order valence-corrected chi connectivity index (χ2v) is 15.1. The predicted octanol–water partition coefficient (Wildman–Crippen LogP) is 13.1. The van der Waals surface area contributed by atoms with E-state index in [4.69, 9.17) is 0 Å². The standard InChI is InChI=1S/C45H40/c1-27-18-21-34-35(22-27)39(29-16-12-9-13-17-29)43-37-26-33(45(5,6)7)24-31-20-19-30-23-32(44(2,3)4)25-36(40(30)41(31)37)42(43)38(34)28-14-10-8-11-15-28/h8-26H,1-7H3. The van der Waals surface area contributed by atoms with Gasteiger partial charge in [0, 0.05) is 0 Å². The average molecular weight is 581 g/mol. The SMILES string of the molecule is Cc1ccc2c(-c3ccccc3)c3c4cc(C(C)(C)C)cc5ccc6cc(C(C)(C)C)cc(c3c(-c3ccccc3)c2c1)c6c54. The molecule has 0 saturated carbocycles. The fourth-order valence-electron chi connectivity index (χ4n) is 7.54. The van der Waals surface area contributed by atoms with Crippen molar-refractivity contribution in [1.29, 1.82) is 0 Å². The first-order valence-corrected chi connectivity index (χ1v) is 16.3. The Morgan fingerprint density at radius 3 is 1.27 bits per heavy atom. The largest absolute Gasteiger partial charge is 0.0622 e. The van der Waals surface area contributed by atoms with Crippen LogP contribution in [0.25, 0.3) is 76.1 Å². The Hall–Kier alpha value is -4.68. The van der Waals surface area contributed by atoms with Crippen LogP contribution in [0, 0.1) is 6.92 Å². The summed E-state index contributed by atoms with van der Waals surface area (Å²) in [5.41, 5.74) is 9.24. The number of benzene rings is 8. The number of hydrogen-bond acceptors (Lipinski definition) is 0. The quantitative estimate of drug-likeness (QED) is 0.141. The molecule has 8 rings (SSSR count). The lowest BCUT2D eigenvalue weighted by Gasteiger charge is -2.27. The van der Waals surface area contributed by atoms with Crippen molar-refractivity contribution in [2.75, 3.05) is 0 Å². The molecule has 0 fully saturated rings. The maximum Gasteiger partial charge on any atom is -0.000730 e. The third-order valence-electron chi connectivity index (χ3n) is 9.89. The monoisotopic (exact) mass is 580 g/mol. The summed E-state index contributed by atoms with van der Waals surface area (Å²) in [6.45, 7) is 16.2. The van der Waals surface area contributed by atoms with E-state index in [2.05, 4.69) is 164 Å². The summed E-state index contributed by atoms with van der Waals surface area (Å²) in [4.78, 5) is 0. The molecule has 0 nitrogen and oxygen atoms in total. The molecular weight excluding hydrogens is 540 g/mol. The van der Waals surface area contributed by atoms with Crippen molar-refractivity contribution < 1.29 is 0 Å². The fourth-order valence-corrected chi connectivity index (χ4v) is 7.54. The van der Waals surface area contributed by atoms with E-state index in [1.54, 1.807) is 0 Å². The average Bonchev–Trinajstić information content (AvgIpc) is 3.02. The molecular formula is C45H40. The van der Waals surface area contributed by atoms with Gasteiger partial charge in [0.05, 0.1) is 0 Å². The molecule has 220 valence electrons. The van der Waals surface area contributed by atoms with Crippen LogP contribution in [0.15, 0.2) is 115 Å². The summed E-state index contributed by atoms with van der Waals surface area (Å²) >= 11 is 0. The Labute approximate surface area is 266 Å². The highest BCUT2D eigenvalue weighted by Gasteiger charge is 2.26. The molecule has 0 aliphatic carbocycles. The van der Waals surface area contributed by atoms with Crippen LogP contribution < -0.4 is 0 Å². The van der Waals surface area contributed by atoms with Crippen LogP contribution in [0.5, 0.6) is 0 Å². The van der Waals surface area contributed by atoms with Gasteiger partial charge in [-0.3, -0.25) is 0 Å². The van der Waals surface area contributed by atoms with Gasteiger partial charge >= 0.3 is 0 Å². The first-order chi connectivity index (χ1) is 21.5. The zero-order valence-corrected chi connectivity index (χ0v) is 27.5. The molecule has 0 aromatic heterocycles. The van der Waals surface area contributed by atoms with Crippen LogP contribution in [-0.2, 0) is 10.8 Å². The van der Waals surface area contributed by atoms with Gasteiger partial charge in [-0.1, -0.05) is 150 Å². The molecule has 0 aliphatic rings. The first-order valence-electron chi connectivity index (χ1n) is 16.3. The van der Waals surface area contributed by atoms with Gasteiger partial charge in [0.1, 0.15) is 0 Å². The Balaban J connectivity index is 1.80. The number of fused-ring (bicyclic) bond motifs is 4. The van der Waals surface area contributed by atoms with Crippen molar-refractivity contribution >= 4 is 53.9 Å². The summed E-state index contributed by atoms with van der Waals surface area (Å²) < 4.78 is 0. The van der Waals surface area contributed by atoms with E-state index in [1.165, 1.54) is 92.8 Å². The van der Waals surface area contributed by atoms with Crippen LogP contribution in [0.2, 0.25) is 0 Å². The summed E-state index contributed by atoms with van der Waals surface area (Å²) in [5.74, 6) is 0. The van der Waals surface area contributed by atoms with E-state index >= 15 is 0 Å². The molecule has 0 aliphatic heterocycles. The highest BCUT2D eigenvalue weighted by atomic mass is 14.3. The predicted molar refractivity (Wildman–Crippen MR) is 198 cm³/mol. The summed E-state index contributed by atoms with van der Waals surface area (Å²) in [5, 5.41) is 13.5. The zero-order valence-electron chi connectivity index (χ0n) is 27.5. The molecule has 0 heterocycles. The van der Waals surface area contributed by atoms with Gasteiger partial charge in [0.15, 0.2) is 0 Å². The van der Waals surface area contributed by atoms with Gasteiger partial charge in [-0.05, 0) is 117 Å². The van der Waals surface area contributed by atoms with E-state index in [-0.39, 0.29) is 10.8 Å². The van der Waals surface area contributed by atoms with Crippen molar-refractivity contribution in [3.8, 4) is 22.3 Å². The van der Waals surface area contributed by atoms with Gasteiger partial charge in [-0.15, -0.1) is 0 Å². The van der Waals surface area contributed by atoms with E-state index in [9.17, 15) is 0 Å². The van der Waals surface area contributed by atoms with Gasteiger partial charge in [0.25, 0.3) is 0 Å². The molecule has 0 N–H and O–H groups in total. The van der Waals surface area contributed by atoms with Gasteiger partial charge in [-0.25, -0.2) is 0 Å². The lowest BCUT2D eigenvalue weighted by molar-refractivity contribution is 0.591. The number of rotatable bonds is 2. The van der Waals surface area contributed by atoms with Gasteiger partial charge in [-0.2, -0.15) is 0 Å². The lowest BCUT2D eigenvalue weighted by Crippen LogP contribution is -2.12. The van der Waals surface area contributed by atoms with Crippen molar-refractivity contribution in [3.63, 3.8) is 0 Å². The van der Waals surface area contributed by atoms with Gasteiger partial charge in [0.2, 0.25) is 0 Å². The van der Waals surface area contributed by atoms with Crippen LogP contribution in [0.1, 0.15) is 58.2 Å². The molecule has 0 radical (unpaired) electrons. The van der Waals surface area contributed by atoms with E-state index < -0.39 is 0 Å². The third-order valence-corrected chi connectivity index (χ3v) is 9.89. The van der Waals surface area contributed by atoms with Crippen molar-refractivity contribution in [2.24, 2.45) is 0 Å². The second kappa shape index (κ2) is 9.66. The molecule has 45 heavy (non-hydrogen) atoms. The zero-order chi connectivity index (χ0) is 31.2. The van der Waals surface area contributed by atoms with Crippen molar-refractivity contribution in [2.45, 2.75) is 59.3 Å². The first kappa shape index (κ1) is 27.8. The second-order valence-electron chi connectivity index (χ2n) is 15.1. The van der Waals surface area contributed by atoms with Gasteiger partial charge < -0.3 is 0 Å². The van der Waals surface area contributed by atoms with Crippen molar-refractivity contribution in [1.82, 2.24) is 0 Å². The normalized spacial score (nSPS) is 12.8. The Morgan fingerprint density at radius 2 is 0.822 bits per heavy atom. The molecule has 0 atom stereocenters. The Morgan fingerprint density at radius 1 is 0.378 bits per heavy atom. The minimum absolute atomic E-state index is 0.0127. The number of hydrogen-bond donors (Lipinski definition) is 0. The molecule has 8 aromatic carbocycles. The molecule has 0 heteroatoms. The maximum atomic E-state index is 2.52. The van der Waals surface area contributed by atoms with Crippen LogP contribution in [0.3, 0.4) is 0 Å².